The third-order valence-electron chi connectivity index (χ3n) is 2.72. The van der Waals surface area contributed by atoms with Gasteiger partial charge in [-0.15, -0.1) is 0 Å². The number of carbonyl (C=O) groups is 1. The maximum Gasteiger partial charge on any atom is 0.271 e. The summed E-state index contributed by atoms with van der Waals surface area (Å²) in [5, 5.41) is 12.1. The van der Waals surface area contributed by atoms with E-state index in [0.717, 1.165) is 5.56 Å². The topological polar surface area (TPSA) is 62.2 Å². The number of aliphatic hydroxyl groups is 1. The molecule has 0 fully saturated rings. The van der Waals surface area contributed by atoms with Crippen LogP contribution in [0.15, 0.2) is 42.6 Å². The van der Waals surface area contributed by atoms with Crippen LogP contribution in [0, 0.1) is 11.8 Å². The van der Waals surface area contributed by atoms with Gasteiger partial charge in [-0.1, -0.05) is 41.6 Å². The molecule has 0 unspecified atom stereocenters. The van der Waals surface area contributed by atoms with Crippen LogP contribution in [0.4, 0.5) is 0 Å². The van der Waals surface area contributed by atoms with E-state index in [1.54, 1.807) is 18.2 Å². The second-order valence-corrected chi connectivity index (χ2v) is 4.54. The molecule has 2 rings (SSSR count). The Balaban J connectivity index is 2.12. The highest BCUT2D eigenvalue weighted by Crippen LogP contribution is 2.14. The van der Waals surface area contributed by atoms with Gasteiger partial charge in [0, 0.05) is 17.8 Å². The number of halogens is 1. The minimum Gasteiger partial charge on any atom is -0.384 e. The van der Waals surface area contributed by atoms with Gasteiger partial charge in [-0.3, -0.25) is 4.79 Å². The number of nitrogens with zero attached hydrogens (tertiary/aromatic N) is 1. The molecule has 4 nitrogen and oxygen atoms in total. The fourth-order valence-corrected chi connectivity index (χ4v) is 1.93. The van der Waals surface area contributed by atoms with Gasteiger partial charge in [-0.25, -0.2) is 4.98 Å². The Morgan fingerprint density at radius 3 is 2.86 bits per heavy atom. The normalized spacial score (nSPS) is 9.62. The van der Waals surface area contributed by atoms with Gasteiger partial charge in [0.05, 0.1) is 5.56 Å². The molecule has 1 heterocycles. The van der Waals surface area contributed by atoms with E-state index in [-0.39, 0.29) is 18.2 Å². The van der Waals surface area contributed by atoms with Crippen molar-refractivity contribution in [1.82, 2.24) is 10.3 Å². The van der Waals surface area contributed by atoms with Crippen LogP contribution in [-0.2, 0) is 6.54 Å². The minimum absolute atomic E-state index is 0.227. The lowest BCUT2D eigenvalue weighted by molar-refractivity contribution is 0.0945. The van der Waals surface area contributed by atoms with E-state index in [0.29, 0.717) is 17.1 Å². The van der Waals surface area contributed by atoms with Gasteiger partial charge in [0.1, 0.15) is 12.3 Å². The summed E-state index contributed by atoms with van der Waals surface area (Å²) in [7, 11) is 0. The standard InChI is InChI=1S/C16H13ClN2O2/c17-14-8-2-1-5-13(14)11-19-16(21)15-12(7-4-10-20)6-3-9-18-15/h1-3,5-6,8-9,20H,10-11H2,(H,19,21). The van der Waals surface area contributed by atoms with E-state index in [4.69, 9.17) is 16.7 Å². The summed E-state index contributed by atoms with van der Waals surface area (Å²) < 4.78 is 0. The highest BCUT2D eigenvalue weighted by Gasteiger charge is 2.11. The Hall–Kier alpha value is -2.35. The predicted octanol–water partition coefficient (Wildman–Crippen LogP) is 2.01. The second-order valence-electron chi connectivity index (χ2n) is 4.13. The number of amides is 1. The van der Waals surface area contributed by atoms with Crippen molar-refractivity contribution in [2.75, 3.05) is 6.61 Å². The largest absolute Gasteiger partial charge is 0.384 e. The van der Waals surface area contributed by atoms with Crippen LogP contribution in [0.1, 0.15) is 21.6 Å². The molecular weight excluding hydrogens is 288 g/mol. The summed E-state index contributed by atoms with van der Waals surface area (Å²) in [6.07, 6.45) is 1.52. The van der Waals surface area contributed by atoms with Crippen LogP contribution < -0.4 is 5.32 Å². The Kier molecular flexibility index (Phi) is 5.33. The third-order valence-corrected chi connectivity index (χ3v) is 3.09. The van der Waals surface area contributed by atoms with Crippen molar-refractivity contribution in [3.05, 3.63) is 64.4 Å². The Morgan fingerprint density at radius 1 is 1.29 bits per heavy atom. The van der Waals surface area contributed by atoms with Gasteiger partial charge in [0.15, 0.2) is 0 Å². The molecule has 0 atom stereocenters. The lowest BCUT2D eigenvalue weighted by atomic mass is 10.1. The van der Waals surface area contributed by atoms with Crippen molar-refractivity contribution >= 4 is 17.5 Å². The van der Waals surface area contributed by atoms with Crippen molar-refractivity contribution in [1.29, 1.82) is 0 Å². The molecule has 5 heteroatoms. The van der Waals surface area contributed by atoms with Gasteiger partial charge in [-0.2, -0.15) is 0 Å². The van der Waals surface area contributed by atoms with Crippen molar-refractivity contribution < 1.29 is 9.90 Å². The molecule has 0 aliphatic carbocycles. The first-order valence-corrected chi connectivity index (χ1v) is 6.66. The summed E-state index contributed by atoms with van der Waals surface area (Å²) in [6.45, 7) is 0.0392. The lowest BCUT2D eigenvalue weighted by Crippen LogP contribution is -2.24. The quantitative estimate of drug-likeness (QED) is 0.852. The van der Waals surface area contributed by atoms with Gasteiger partial charge >= 0.3 is 0 Å². The molecule has 0 aliphatic heterocycles. The average molecular weight is 301 g/mol. The number of rotatable bonds is 3. The summed E-state index contributed by atoms with van der Waals surface area (Å²) in [4.78, 5) is 16.2. The highest BCUT2D eigenvalue weighted by molar-refractivity contribution is 6.31. The number of pyridine rings is 1. The number of nitrogens with one attached hydrogen (secondary N) is 1. The first-order valence-electron chi connectivity index (χ1n) is 6.28. The van der Waals surface area contributed by atoms with E-state index in [1.807, 2.05) is 18.2 Å². The van der Waals surface area contributed by atoms with Gasteiger partial charge in [0.2, 0.25) is 0 Å². The van der Waals surface area contributed by atoms with Crippen molar-refractivity contribution in [3.8, 4) is 11.8 Å². The predicted molar refractivity (Wildman–Crippen MR) is 80.8 cm³/mol. The third kappa shape index (κ3) is 4.06. The highest BCUT2D eigenvalue weighted by atomic mass is 35.5. The molecular formula is C16H13ClN2O2. The Morgan fingerprint density at radius 2 is 2.10 bits per heavy atom. The molecule has 0 spiro atoms. The first-order chi connectivity index (χ1) is 10.2. The number of carbonyl (C=O) groups excluding carboxylic acids is 1. The molecule has 1 amide bonds. The van der Waals surface area contributed by atoms with Crippen LogP contribution in [0.25, 0.3) is 0 Å². The van der Waals surface area contributed by atoms with Gasteiger partial charge < -0.3 is 10.4 Å². The molecule has 106 valence electrons. The molecule has 0 aliphatic rings. The van der Waals surface area contributed by atoms with Gasteiger partial charge in [-0.05, 0) is 23.8 Å². The van der Waals surface area contributed by atoms with E-state index in [1.165, 1.54) is 6.20 Å². The summed E-state index contributed by atoms with van der Waals surface area (Å²) in [5.74, 6) is 4.88. The molecule has 2 aromatic rings. The molecule has 1 aromatic carbocycles. The summed E-state index contributed by atoms with van der Waals surface area (Å²) >= 11 is 6.04. The minimum atomic E-state index is -0.335. The SMILES string of the molecule is O=C(NCc1ccccc1Cl)c1ncccc1C#CCO. The number of aromatic nitrogens is 1. The molecule has 0 radical (unpaired) electrons. The van der Waals surface area contributed by atoms with E-state index in [9.17, 15) is 4.79 Å². The number of benzene rings is 1. The number of aliphatic hydroxyl groups excluding tert-OH is 1. The van der Waals surface area contributed by atoms with Crippen molar-refractivity contribution in [3.63, 3.8) is 0 Å². The van der Waals surface area contributed by atoms with Gasteiger partial charge in [0.25, 0.3) is 5.91 Å². The van der Waals surface area contributed by atoms with Crippen LogP contribution in [0.5, 0.6) is 0 Å². The Bertz CT molecular complexity index is 705. The summed E-state index contributed by atoms with van der Waals surface area (Å²) in [5.41, 5.74) is 1.53. The zero-order chi connectivity index (χ0) is 15.1. The molecule has 0 bridgehead atoms. The smallest absolute Gasteiger partial charge is 0.271 e. The fourth-order valence-electron chi connectivity index (χ4n) is 1.72. The number of hydrogen-bond acceptors (Lipinski definition) is 3. The summed E-state index contributed by atoms with van der Waals surface area (Å²) in [6, 6.07) is 10.7. The zero-order valence-electron chi connectivity index (χ0n) is 11.1. The number of hydrogen-bond donors (Lipinski definition) is 2. The lowest BCUT2D eigenvalue weighted by Gasteiger charge is -2.07. The molecule has 0 saturated carbocycles. The Labute approximate surface area is 127 Å². The van der Waals surface area contributed by atoms with Crippen LogP contribution in [-0.4, -0.2) is 22.6 Å². The molecule has 2 N–H and O–H groups in total. The maximum atomic E-state index is 12.2. The second kappa shape index (κ2) is 7.44. The fraction of sp³-hybridized carbons (Fsp3) is 0.125. The monoisotopic (exact) mass is 300 g/mol. The van der Waals surface area contributed by atoms with Crippen molar-refractivity contribution in [2.24, 2.45) is 0 Å². The van der Waals surface area contributed by atoms with Crippen molar-refractivity contribution in [2.45, 2.75) is 6.54 Å². The first kappa shape index (κ1) is 15.0. The van der Waals surface area contributed by atoms with E-state index < -0.39 is 0 Å². The molecule has 21 heavy (non-hydrogen) atoms. The molecule has 1 aromatic heterocycles. The zero-order valence-corrected chi connectivity index (χ0v) is 11.9. The molecule has 0 saturated heterocycles. The van der Waals surface area contributed by atoms with Crippen LogP contribution in [0.2, 0.25) is 5.02 Å². The maximum absolute atomic E-state index is 12.2. The van der Waals surface area contributed by atoms with Crippen LogP contribution in [0.3, 0.4) is 0 Å². The average Bonchev–Trinajstić information content (AvgIpc) is 2.52. The van der Waals surface area contributed by atoms with Crippen LogP contribution >= 0.6 is 11.6 Å². The van der Waals surface area contributed by atoms with E-state index >= 15 is 0 Å². The van der Waals surface area contributed by atoms with E-state index in [2.05, 4.69) is 22.1 Å².